The van der Waals surface area contributed by atoms with Gasteiger partial charge in [-0.2, -0.15) is 5.10 Å². The van der Waals surface area contributed by atoms with Gasteiger partial charge in [0.05, 0.1) is 5.71 Å². The quantitative estimate of drug-likeness (QED) is 0.211. The number of carbonyl (C=O) groups is 1. The Hall–Kier alpha value is -1.91. The average Bonchev–Trinajstić information content (AvgIpc) is 2.03. The molecule has 12 heavy (non-hydrogen) atoms. The molecule has 1 aliphatic carbocycles. The smallest absolute Gasteiger partial charge is 0.206 e. The first-order valence-corrected chi connectivity index (χ1v) is 3.26. The number of nitrogens with one attached hydrogen (secondary N) is 2. The molecule has 5 nitrogen and oxygen atoms in total. The van der Waals surface area contributed by atoms with Gasteiger partial charge in [-0.05, 0) is 24.3 Å². The number of hydrogen-bond acceptors (Lipinski definition) is 3. The summed E-state index contributed by atoms with van der Waals surface area (Å²) in [6, 6.07) is 0. The molecular formula is C7H8N4O. The minimum Gasteiger partial charge on any atom is -0.369 e. The predicted octanol–water partition coefficient (Wildman–Crippen LogP) is -0.479. The van der Waals surface area contributed by atoms with Crippen molar-refractivity contribution in [3.8, 4) is 0 Å². The molecule has 62 valence electrons. The summed E-state index contributed by atoms with van der Waals surface area (Å²) in [5.41, 5.74) is 7.81. The molecule has 0 bridgehead atoms. The fourth-order valence-corrected chi connectivity index (χ4v) is 0.645. The van der Waals surface area contributed by atoms with Gasteiger partial charge >= 0.3 is 0 Å². The third-order valence-corrected chi connectivity index (χ3v) is 1.14. The van der Waals surface area contributed by atoms with Crippen LogP contribution in [0.4, 0.5) is 0 Å². The van der Waals surface area contributed by atoms with Crippen LogP contribution in [0.5, 0.6) is 0 Å². The first-order valence-electron chi connectivity index (χ1n) is 3.26. The van der Waals surface area contributed by atoms with Gasteiger partial charge in [0.25, 0.3) is 0 Å². The van der Waals surface area contributed by atoms with Crippen LogP contribution in [0.15, 0.2) is 29.4 Å². The zero-order chi connectivity index (χ0) is 8.97. The van der Waals surface area contributed by atoms with Crippen LogP contribution < -0.4 is 11.2 Å². The Labute approximate surface area is 69.1 Å². The maximum absolute atomic E-state index is 10.6. The molecule has 0 saturated heterocycles. The number of guanidine groups is 1. The lowest BCUT2D eigenvalue weighted by Crippen LogP contribution is -2.26. The second kappa shape index (κ2) is 3.47. The lowest BCUT2D eigenvalue weighted by atomic mass is 10.2. The fraction of sp³-hybridized carbons (Fsp3) is 0. The molecule has 0 radical (unpaired) electrons. The van der Waals surface area contributed by atoms with E-state index in [4.69, 9.17) is 11.1 Å². The van der Waals surface area contributed by atoms with Crippen molar-refractivity contribution in [2.45, 2.75) is 0 Å². The van der Waals surface area contributed by atoms with Crippen LogP contribution in [-0.2, 0) is 4.79 Å². The van der Waals surface area contributed by atoms with Crippen molar-refractivity contribution in [3.63, 3.8) is 0 Å². The van der Waals surface area contributed by atoms with E-state index in [0.29, 0.717) is 5.71 Å². The summed E-state index contributed by atoms with van der Waals surface area (Å²) >= 11 is 0. The number of nitrogens with two attached hydrogens (primary N) is 1. The molecule has 0 fully saturated rings. The minimum atomic E-state index is -0.235. The highest BCUT2D eigenvalue weighted by Crippen LogP contribution is 1.93. The Bertz CT molecular complexity index is 283. The number of ketones is 1. The normalized spacial score (nSPS) is 14.7. The number of hydrazone groups is 1. The summed E-state index contributed by atoms with van der Waals surface area (Å²) in [4.78, 5) is 10.6. The summed E-state index contributed by atoms with van der Waals surface area (Å²) in [5.74, 6) is -0.307. The molecule has 0 aliphatic heterocycles. The number of hydrogen-bond donors (Lipinski definition) is 3. The Kier molecular flexibility index (Phi) is 2.37. The third-order valence-electron chi connectivity index (χ3n) is 1.14. The van der Waals surface area contributed by atoms with Gasteiger partial charge in [0, 0.05) is 0 Å². The van der Waals surface area contributed by atoms with E-state index in [1.54, 1.807) is 0 Å². The second-order valence-electron chi connectivity index (χ2n) is 2.13. The number of allylic oxidation sites excluding steroid dienone is 4. The van der Waals surface area contributed by atoms with Crippen molar-refractivity contribution in [1.82, 2.24) is 5.43 Å². The van der Waals surface area contributed by atoms with Crippen molar-refractivity contribution in [3.05, 3.63) is 24.3 Å². The highest BCUT2D eigenvalue weighted by molar-refractivity contribution is 6.16. The number of rotatable bonds is 1. The van der Waals surface area contributed by atoms with Crippen LogP contribution in [-0.4, -0.2) is 17.5 Å². The van der Waals surface area contributed by atoms with Crippen molar-refractivity contribution >= 4 is 17.5 Å². The summed E-state index contributed by atoms with van der Waals surface area (Å²) in [6.45, 7) is 0. The van der Waals surface area contributed by atoms with Crippen LogP contribution in [0.2, 0.25) is 0 Å². The molecule has 0 saturated carbocycles. The minimum absolute atomic E-state index is 0.0724. The summed E-state index contributed by atoms with van der Waals surface area (Å²) < 4.78 is 0. The van der Waals surface area contributed by atoms with Crippen LogP contribution in [0.3, 0.4) is 0 Å². The van der Waals surface area contributed by atoms with Crippen LogP contribution in [0.1, 0.15) is 0 Å². The Morgan fingerprint density at radius 1 is 1.42 bits per heavy atom. The summed E-state index contributed by atoms with van der Waals surface area (Å²) in [5, 5.41) is 10.5. The van der Waals surface area contributed by atoms with Gasteiger partial charge in [0.2, 0.25) is 5.96 Å². The average molecular weight is 164 g/mol. The number of nitrogens with zero attached hydrogens (tertiary/aromatic N) is 1. The van der Waals surface area contributed by atoms with E-state index >= 15 is 0 Å². The molecule has 4 N–H and O–H groups in total. The zero-order valence-electron chi connectivity index (χ0n) is 6.24. The third kappa shape index (κ3) is 2.37. The summed E-state index contributed by atoms with van der Waals surface area (Å²) in [7, 11) is 0. The lowest BCUT2D eigenvalue weighted by molar-refractivity contribution is -0.110. The molecule has 0 aromatic carbocycles. The van der Waals surface area contributed by atoms with E-state index < -0.39 is 0 Å². The van der Waals surface area contributed by atoms with Crippen molar-refractivity contribution in [2.75, 3.05) is 0 Å². The van der Waals surface area contributed by atoms with Crippen molar-refractivity contribution in [1.29, 1.82) is 5.41 Å². The molecule has 0 atom stereocenters. The highest BCUT2D eigenvalue weighted by atomic mass is 16.1. The van der Waals surface area contributed by atoms with Gasteiger partial charge in [-0.3, -0.25) is 10.2 Å². The number of carbonyl (C=O) groups excluding carboxylic acids is 1. The summed E-state index contributed by atoms with van der Waals surface area (Å²) in [6.07, 6.45) is 5.86. The molecule has 5 heteroatoms. The van der Waals surface area contributed by atoms with Gasteiger partial charge in [0.15, 0.2) is 5.78 Å². The lowest BCUT2D eigenvalue weighted by Gasteiger charge is -1.99. The van der Waals surface area contributed by atoms with E-state index in [1.165, 1.54) is 24.3 Å². The van der Waals surface area contributed by atoms with E-state index in [0.717, 1.165) is 0 Å². The van der Waals surface area contributed by atoms with Gasteiger partial charge in [-0.25, -0.2) is 5.43 Å². The fourth-order valence-electron chi connectivity index (χ4n) is 0.645. The van der Waals surface area contributed by atoms with Crippen LogP contribution >= 0.6 is 0 Å². The first kappa shape index (κ1) is 8.19. The second-order valence-corrected chi connectivity index (χ2v) is 2.13. The van der Waals surface area contributed by atoms with E-state index in [-0.39, 0.29) is 11.7 Å². The molecule has 0 amide bonds. The van der Waals surface area contributed by atoms with Crippen LogP contribution in [0.25, 0.3) is 0 Å². The standard InChI is InChI=1S/C7H8N4O/c8-7(9)11-10-5-1-3-6(12)4-2-5/h1-4H,(H4,8,9,11). The topological polar surface area (TPSA) is 91.3 Å². The molecule has 0 spiro atoms. The highest BCUT2D eigenvalue weighted by Gasteiger charge is 1.98. The van der Waals surface area contributed by atoms with Crippen molar-refractivity contribution in [2.24, 2.45) is 10.8 Å². The Balaban J connectivity index is 2.61. The van der Waals surface area contributed by atoms with Gasteiger partial charge in [0.1, 0.15) is 0 Å². The molecule has 1 rings (SSSR count). The van der Waals surface area contributed by atoms with E-state index in [1.807, 2.05) is 0 Å². The predicted molar refractivity (Wildman–Crippen MR) is 45.8 cm³/mol. The first-order chi connectivity index (χ1) is 5.68. The molecule has 1 aliphatic rings. The maximum atomic E-state index is 10.6. The maximum Gasteiger partial charge on any atom is 0.206 e. The van der Waals surface area contributed by atoms with Gasteiger partial charge in [-0.1, -0.05) is 0 Å². The molecule has 0 aromatic rings. The molecule has 0 aromatic heterocycles. The van der Waals surface area contributed by atoms with E-state index in [9.17, 15) is 4.79 Å². The Morgan fingerprint density at radius 3 is 2.50 bits per heavy atom. The van der Waals surface area contributed by atoms with Gasteiger partial charge < -0.3 is 5.73 Å². The Morgan fingerprint density at radius 2 is 2.00 bits per heavy atom. The largest absolute Gasteiger partial charge is 0.369 e. The van der Waals surface area contributed by atoms with Crippen LogP contribution in [0, 0.1) is 5.41 Å². The molecule has 0 unspecified atom stereocenters. The van der Waals surface area contributed by atoms with Crippen molar-refractivity contribution < 1.29 is 4.79 Å². The SMILES string of the molecule is N=C(N)NN=C1C=CC(=O)C=C1. The zero-order valence-corrected chi connectivity index (χ0v) is 6.24. The molecule has 0 heterocycles. The monoisotopic (exact) mass is 164 g/mol. The van der Waals surface area contributed by atoms with E-state index in [2.05, 4.69) is 10.5 Å². The van der Waals surface area contributed by atoms with Gasteiger partial charge in [-0.15, -0.1) is 0 Å². The molecular weight excluding hydrogens is 156 g/mol.